The van der Waals surface area contributed by atoms with Gasteiger partial charge >= 0.3 is 0 Å². The molecule has 1 amide bonds. The van der Waals surface area contributed by atoms with E-state index in [1.54, 1.807) is 7.11 Å². The molecule has 2 atom stereocenters. The summed E-state index contributed by atoms with van der Waals surface area (Å²) in [6, 6.07) is 18.1. The number of ether oxygens (including phenoxy) is 1. The second kappa shape index (κ2) is 8.51. The van der Waals surface area contributed by atoms with E-state index in [-0.39, 0.29) is 17.7 Å². The molecule has 1 aliphatic rings. The summed E-state index contributed by atoms with van der Waals surface area (Å²) in [6.45, 7) is 3.03. The summed E-state index contributed by atoms with van der Waals surface area (Å²) >= 11 is 0. The molecule has 1 aromatic rings. The van der Waals surface area contributed by atoms with Gasteiger partial charge in [-0.25, -0.2) is 0 Å². The number of carbonyl (C=O) groups excluding carboxylic acids is 1. The molecule has 1 aliphatic heterocycles. The van der Waals surface area contributed by atoms with Crippen LogP contribution in [0.1, 0.15) is 11.5 Å². The number of likely N-dealkylation sites (tertiary alicyclic amines) is 1. The number of rotatable bonds is 5. The van der Waals surface area contributed by atoms with Crippen molar-refractivity contribution in [3.63, 3.8) is 0 Å². The predicted octanol–water partition coefficient (Wildman–Crippen LogP) is 1.96. The lowest BCUT2D eigenvalue weighted by molar-refractivity contribution is -0.121. The van der Waals surface area contributed by atoms with Crippen LogP contribution in [0.5, 0.6) is 0 Å². The van der Waals surface area contributed by atoms with Crippen LogP contribution in [-0.2, 0) is 9.53 Å². The van der Waals surface area contributed by atoms with Crippen LogP contribution in [0.4, 0.5) is 0 Å². The third-order valence-electron chi connectivity index (χ3n) is 4.04. The van der Waals surface area contributed by atoms with Gasteiger partial charge in [0.1, 0.15) is 0 Å². The van der Waals surface area contributed by atoms with E-state index >= 15 is 0 Å². The van der Waals surface area contributed by atoms with E-state index in [1.165, 1.54) is 0 Å². The topological polar surface area (TPSA) is 55.6 Å². The summed E-state index contributed by atoms with van der Waals surface area (Å²) < 4.78 is 5.13. The number of carbonyl (C=O) groups is 1. The Balaban J connectivity index is 2.26. The molecule has 4 nitrogen and oxygen atoms in total. The maximum atomic E-state index is 11.8. The van der Waals surface area contributed by atoms with E-state index in [9.17, 15) is 4.79 Å². The molecule has 22 heavy (non-hydrogen) atoms. The zero-order valence-corrected chi connectivity index (χ0v) is 13.0. The molecule has 2 rings (SSSR count). The molecule has 1 aromatic carbocycles. The zero-order chi connectivity index (χ0) is 15.8. The lowest BCUT2D eigenvalue weighted by Gasteiger charge is -2.15. The van der Waals surface area contributed by atoms with Crippen molar-refractivity contribution in [3.8, 4) is 0 Å². The van der Waals surface area contributed by atoms with Crippen LogP contribution in [0, 0.1) is 5.92 Å². The quantitative estimate of drug-likeness (QED) is 0.904. The number of hydrogen-bond donors (Lipinski definition) is 1. The van der Waals surface area contributed by atoms with Crippen LogP contribution in [0.15, 0.2) is 54.6 Å². The van der Waals surface area contributed by atoms with Crippen LogP contribution in [0.2, 0.25) is 0 Å². The molecule has 118 valence electrons. The third-order valence-corrected chi connectivity index (χ3v) is 4.04. The van der Waals surface area contributed by atoms with Crippen LogP contribution >= 0.6 is 0 Å². The summed E-state index contributed by atoms with van der Waals surface area (Å²) in [7, 11) is 1.69. The highest BCUT2D eigenvalue weighted by Crippen LogP contribution is 2.31. The maximum absolute atomic E-state index is 11.8. The Hall–Kier alpha value is -1.91. The maximum Gasteiger partial charge on any atom is 0.222 e. The largest absolute Gasteiger partial charge is 0.383 e. The summed E-state index contributed by atoms with van der Waals surface area (Å²) in [4.78, 5) is 14.1. The molecule has 1 saturated heterocycles. The van der Waals surface area contributed by atoms with Gasteiger partial charge in [-0.3, -0.25) is 9.69 Å². The van der Waals surface area contributed by atoms with Crippen LogP contribution in [0.25, 0.3) is 0 Å². The minimum Gasteiger partial charge on any atom is -0.383 e. The van der Waals surface area contributed by atoms with E-state index in [2.05, 4.69) is 17.0 Å². The SMILES string of the molecule is COCCN1CC(c2ccccccccc2)[C@@H](C(N)=O)C1. The Morgan fingerprint density at radius 3 is 2.27 bits per heavy atom. The molecule has 1 heterocycles. The first-order valence-electron chi connectivity index (χ1n) is 7.61. The Morgan fingerprint density at radius 2 is 1.73 bits per heavy atom. The lowest BCUT2D eigenvalue weighted by atomic mass is 9.89. The summed E-state index contributed by atoms with van der Waals surface area (Å²) in [6.07, 6.45) is 0. The predicted molar refractivity (Wildman–Crippen MR) is 87.8 cm³/mol. The van der Waals surface area contributed by atoms with Crippen molar-refractivity contribution >= 4 is 5.91 Å². The van der Waals surface area contributed by atoms with Crippen molar-refractivity contribution < 1.29 is 9.53 Å². The van der Waals surface area contributed by atoms with E-state index in [4.69, 9.17) is 10.5 Å². The third kappa shape index (κ3) is 4.55. The smallest absolute Gasteiger partial charge is 0.222 e. The minimum absolute atomic E-state index is 0.132. The van der Waals surface area contributed by atoms with Gasteiger partial charge < -0.3 is 10.5 Å². The molecule has 0 spiro atoms. The van der Waals surface area contributed by atoms with E-state index < -0.39 is 0 Å². The molecule has 1 unspecified atom stereocenters. The summed E-state index contributed by atoms with van der Waals surface area (Å²) in [5.41, 5.74) is 6.76. The van der Waals surface area contributed by atoms with Crippen molar-refractivity contribution in [3.05, 3.63) is 60.2 Å². The van der Waals surface area contributed by atoms with Gasteiger partial charge in [0.25, 0.3) is 0 Å². The van der Waals surface area contributed by atoms with E-state index in [0.717, 1.165) is 18.7 Å². The minimum atomic E-state index is -0.226. The zero-order valence-electron chi connectivity index (χ0n) is 13.0. The highest BCUT2D eigenvalue weighted by atomic mass is 16.5. The molecule has 0 bridgehead atoms. The van der Waals surface area contributed by atoms with Gasteiger partial charge in [0, 0.05) is 32.7 Å². The standard InChI is InChI=1S/C18H24N2O2/c1-22-12-11-20-13-16(17(14-20)18(19)21)15-9-7-5-3-2-4-6-8-10-15/h2-10,16-17H,11-14H2,1H3,(H2,19,21)/t16?,17-/m0/s1. The molecule has 0 aliphatic carbocycles. The van der Waals surface area contributed by atoms with Crippen molar-refractivity contribution in [2.45, 2.75) is 5.92 Å². The molecule has 0 saturated carbocycles. The van der Waals surface area contributed by atoms with Gasteiger partial charge in [0.05, 0.1) is 12.5 Å². The van der Waals surface area contributed by atoms with Crippen molar-refractivity contribution in [2.24, 2.45) is 11.7 Å². The molecule has 0 radical (unpaired) electrons. The number of methoxy groups -OCH3 is 1. The molecule has 0 aromatic heterocycles. The number of primary amides is 1. The van der Waals surface area contributed by atoms with Gasteiger partial charge in [0.15, 0.2) is 0 Å². The van der Waals surface area contributed by atoms with Crippen LogP contribution < -0.4 is 5.73 Å². The average molecular weight is 300 g/mol. The first-order chi connectivity index (χ1) is 10.7. The van der Waals surface area contributed by atoms with Gasteiger partial charge in [-0.2, -0.15) is 0 Å². The van der Waals surface area contributed by atoms with E-state index in [0.29, 0.717) is 13.2 Å². The molecule has 4 heteroatoms. The second-order valence-corrected chi connectivity index (χ2v) is 5.55. The lowest BCUT2D eigenvalue weighted by Crippen LogP contribution is -2.30. The highest BCUT2D eigenvalue weighted by molar-refractivity contribution is 5.78. The second-order valence-electron chi connectivity index (χ2n) is 5.55. The van der Waals surface area contributed by atoms with Crippen molar-refractivity contribution in [2.75, 3.05) is 33.4 Å². The Kier molecular flexibility index (Phi) is 6.37. The summed E-state index contributed by atoms with van der Waals surface area (Å²) in [5, 5.41) is 0. The fourth-order valence-corrected chi connectivity index (χ4v) is 2.87. The van der Waals surface area contributed by atoms with Crippen molar-refractivity contribution in [1.82, 2.24) is 4.90 Å². The van der Waals surface area contributed by atoms with Crippen molar-refractivity contribution in [1.29, 1.82) is 0 Å². The monoisotopic (exact) mass is 300 g/mol. The van der Waals surface area contributed by atoms with Gasteiger partial charge in [-0.1, -0.05) is 54.6 Å². The fourth-order valence-electron chi connectivity index (χ4n) is 2.87. The number of hydrogen-bond acceptors (Lipinski definition) is 3. The molecular formula is C18H24N2O2. The van der Waals surface area contributed by atoms with Gasteiger partial charge in [-0.05, 0) is 5.56 Å². The van der Waals surface area contributed by atoms with Gasteiger partial charge in [-0.15, -0.1) is 0 Å². The highest BCUT2D eigenvalue weighted by Gasteiger charge is 2.36. The Labute approximate surface area is 132 Å². The average Bonchev–Trinajstić information content (AvgIpc) is 2.95. The first-order valence-corrected chi connectivity index (χ1v) is 7.61. The Bertz CT molecular complexity index is 521. The fraction of sp³-hybridized carbons (Fsp3) is 0.389. The number of amides is 1. The first kappa shape index (κ1) is 16.5. The normalized spacial score (nSPS) is 21.3. The molecular weight excluding hydrogens is 276 g/mol. The summed E-state index contributed by atoms with van der Waals surface area (Å²) in [5.74, 6) is -0.244. The van der Waals surface area contributed by atoms with Crippen LogP contribution in [-0.4, -0.2) is 44.2 Å². The Morgan fingerprint density at radius 1 is 1.14 bits per heavy atom. The van der Waals surface area contributed by atoms with Crippen LogP contribution in [0.3, 0.4) is 0 Å². The van der Waals surface area contributed by atoms with E-state index in [1.807, 2.05) is 42.5 Å². The molecule has 2 N–H and O–H groups in total. The number of nitrogens with zero attached hydrogens (tertiary/aromatic N) is 1. The van der Waals surface area contributed by atoms with Gasteiger partial charge in [0.2, 0.25) is 5.91 Å². The number of nitrogens with two attached hydrogens (primary N) is 1. The molecule has 1 fully saturated rings.